The van der Waals surface area contributed by atoms with Crippen LogP contribution in [0.3, 0.4) is 0 Å². The molecule has 0 aliphatic rings. The molecule has 0 spiro atoms. The molecule has 0 aliphatic carbocycles. The Balaban J connectivity index is 2.09. The summed E-state index contributed by atoms with van der Waals surface area (Å²) in [6.07, 6.45) is 1.60. The number of aromatic amines is 1. The Morgan fingerprint density at radius 3 is 3.05 bits per heavy atom. The van der Waals surface area contributed by atoms with E-state index in [2.05, 4.69) is 43.6 Å². The number of hydrogen-bond donors (Lipinski definition) is 2. The van der Waals surface area contributed by atoms with Gasteiger partial charge in [0.1, 0.15) is 0 Å². The van der Waals surface area contributed by atoms with Crippen LogP contribution < -0.4 is 11.3 Å². The number of imidazole rings is 1. The molecule has 96 valence electrons. The van der Waals surface area contributed by atoms with Crippen LogP contribution in [-0.2, 0) is 6.54 Å². The van der Waals surface area contributed by atoms with Crippen molar-refractivity contribution < 1.29 is 0 Å². The van der Waals surface area contributed by atoms with Crippen molar-refractivity contribution in [2.75, 3.05) is 5.73 Å². The van der Waals surface area contributed by atoms with Gasteiger partial charge in [-0.25, -0.2) is 4.98 Å². The van der Waals surface area contributed by atoms with Crippen molar-refractivity contribution in [2.45, 2.75) is 6.54 Å². The van der Waals surface area contributed by atoms with E-state index in [0.717, 1.165) is 9.13 Å². The predicted molar refractivity (Wildman–Crippen MR) is 80.8 cm³/mol. The topological polar surface area (TPSA) is 89.6 Å². The van der Waals surface area contributed by atoms with Gasteiger partial charge in [0, 0.05) is 3.57 Å². The Labute approximate surface area is 121 Å². The van der Waals surface area contributed by atoms with Crippen molar-refractivity contribution in [2.24, 2.45) is 0 Å². The normalized spacial score (nSPS) is 11.0. The zero-order valence-corrected chi connectivity index (χ0v) is 12.0. The third-order valence-corrected chi connectivity index (χ3v) is 3.41. The molecule has 2 aromatic heterocycles. The molecular weight excluding hydrogens is 357 g/mol. The van der Waals surface area contributed by atoms with E-state index in [1.807, 2.05) is 22.8 Å². The number of fused-ring (bicyclic) bond motifs is 1. The summed E-state index contributed by atoms with van der Waals surface area (Å²) in [5, 5.41) is 0. The van der Waals surface area contributed by atoms with Crippen LogP contribution >= 0.6 is 22.6 Å². The van der Waals surface area contributed by atoms with E-state index in [0.29, 0.717) is 17.7 Å². The van der Waals surface area contributed by atoms with Gasteiger partial charge in [0.2, 0.25) is 5.95 Å². The summed E-state index contributed by atoms with van der Waals surface area (Å²) in [5.41, 5.74) is 7.17. The molecule has 6 nitrogen and oxygen atoms in total. The summed E-state index contributed by atoms with van der Waals surface area (Å²) in [6, 6.07) is 8.11. The number of aromatic nitrogens is 4. The minimum absolute atomic E-state index is 0.0990. The lowest BCUT2D eigenvalue weighted by molar-refractivity contribution is 0.813. The highest BCUT2D eigenvalue weighted by atomic mass is 127. The van der Waals surface area contributed by atoms with Gasteiger partial charge in [-0.3, -0.25) is 9.78 Å². The lowest BCUT2D eigenvalue weighted by atomic mass is 10.2. The van der Waals surface area contributed by atoms with Crippen molar-refractivity contribution in [3.05, 3.63) is 50.1 Å². The lowest BCUT2D eigenvalue weighted by Crippen LogP contribution is -2.12. The Hall–Kier alpha value is -1.90. The molecule has 0 bridgehead atoms. The molecule has 0 saturated carbocycles. The highest BCUT2D eigenvalue weighted by Crippen LogP contribution is 2.12. The van der Waals surface area contributed by atoms with Crippen LogP contribution in [0.4, 0.5) is 5.95 Å². The van der Waals surface area contributed by atoms with E-state index in [1.54, 1.807) is 6.33 Å². The quantitative estimate of drug-likeness (QED) is 0.670. The fourth-order valence-corrected chi connectivity index (χ4v) is 2.53. The molecule has 0 saturated heterocycles. The number of halogens is 1. The van der Waals surface area contributed by atoms with Crippen LogP contribution in [0.5, 0.6) is 0 Å². The zero-order chi connectivity index (χ0) is 13.4. The molecule has 2 heterocycles. The third-order valence-electron chi connectivity index (χ3n) is 2.74. The number of nitrogen functional groups attached to an aromatic ring is 1. The zero-order valence-electron chi connectivity index (χ0n) is 9.80. The maximum absolute atomic E-state index is 11.7. The number of nitrogens with one attached hydrogen (secondary N) is 1. The van der Waals surface area contributed by atoms with Gasteiger partial charge < -0.3 is 10.3 Å². The number of hydrogen-bond acceptors (Lipinski definition) is 4. The summed E-state index contributed by atoms with van der Waals surface area (Å²) >= 11 is 2.26. The molecule has 7 heteroatoms. The molecule has 0 unspecified atom stereocenters. The molecule has 0 amide bonds. The summed E-state index contributed by atoms with van der Waals surface area (Å²) in [5.74, 6) is 0.0990. The van der Waals surface area contributed by atoms with Gasteiger partial charge in [0.05, 0.1) is 12.9 Å². The van der Waals surface area contributed by atoms with E-state index < -0.39 is 0 Å². The molecule has 3 aromatic rings. The van der Waals surface area contributed by atoms with E-state index in [1.165, 1.54) is 0 Å². The number of nitrogens with zero attached hydrogens (tertiary/aromatic N) is 3. The van der Waals surface area contributed by atoms with Crippen molar-refractivity contribution in [1.29, 1.82) is 0 Å². The fourth-order valence-electron chi connectivity index (χ4n) is 1.92. The van der Waals surface area contributed by atoms with Crippen LogP contribution in [-0.4, -0.2) is 19.5 Å². The summed E-state index contributed by atoms with van der Waals surface area (Å²) in [7, 11) is 0. The van der Waals surface area contributed by atoms with Crippen molar-refractivity contribution in [3.8, 4) is 0 Å². The third kappa shape index (κ3) is 2.33. The first kappa shape index (κ1) is 12.2. The average molecular weight is 367 g/mol. The van der Waals surface area contributed by atoms with Crippen LogP contribution in [0, 0.1) is 3.57 Å². The highest BCUT2D eigenvalue weighted by Gasteiger charge is 2.09. The van der Waals surface area contributed by atoms with Crippen LogP contribution in [0.2, 0.25) is 0 Å². The van der Waals surface area contributed by atoms with E-state index >= 15 is 0 Å². The van der Waals surface area contributed by atoms with Crippen molar-refractivity contribution >= 4 is 39.7 Å². The van der Waals surface area contributed by atoms with Gasteiger partial charge in [0.25, 0.3) is 5.56 Å². The maximum Gasteiger partial charge on any atom is 0.280 e. The molecule has 1 aromatic carbocycles. The van der Waals surface area contributed by atoms with E-state index in [-0.39, 0.29) is 11.5 Å². The first-order chi connectivity index (χ1) is 9.13. The van der Waals surface area contributed by atoms with Gasteiger partial charge in [0.15, 0.2) is 11.2 Å². The molecule has 19 heavy (non-hydrogen) atoms. The van der Waals surface area contributed by atoms with E-state index in [4.69, 9.17) is 5.73 Å². The minimum Gasteiger partial charge on any atom is -0.369 e. The second kappa shape index (κ2) is 4.65. The summed E-state index contributed by atoms with van der Waals surface area (Å²) in [4.78, 5) is 22.3. The van der Waals surface area contributed by atoms with Gasteiger partial charge in [-0.05, 0) is 40.3 Å². The minimum atomic E-state index is -0.316. The number of rotatable bonds is 2. The van der Waals surface area contributed by atoms with E-state index in [9.17, 15) is 4.79 Å². The smallest absolute Gasteiger partial charge is 0.280 e. The van der Waals surface area contributed by atoms with Crippen molar-refractivity contribution in [1.82, 2.24) is 19.5 Å². The number of H-pyrrole nitrogens is 1. The average Bonchev–Trinajstić information content (AvgIpc) is 2.73. The Morgan fingerprint density at radius 1 is 1.42 bits per heavy atom. The van der Waals surface area contributed by atoms with Gasteiger partial charge in [-0.15, -0.1) is 0 Å². The molecule has 0 radical (unpaired) electrons. The monoisotopic (exact) mass is 367 g/mol. The number of nitrogens with two attached hydrogens (primary N) is 1. The first-order valence-corrected chi connectivity index (χ1v) is 6.66. The molecular formula is C12H10IN5O. The first-order valence-electron chi connectivity index (χ1n) is 5.58. The van der Waals surface area contributed by atoms with Crippen LogP contribution in [0.15, 0.2) is 35.4 Å². The Morgan fingerprint density at radius 2 is 2.26 bits per heavy atom. The Bertz CT molecular complexity index is 807. The van der Waals surface area contributed by atoms with Crippen LogP contribution in [0.1, 0.15) is 5.56 Å². The van der Waals surface area contributed by atoms with Crippen LogP contribution in [0.25, 0.3) is 11.2 Å². The number of anilines is 1. The Kier molecular flexibility index (Phi) is 2.97. The highest BCUT2D eigenvalue weighted by molar-refractivity contribution is 14.1. The summed E-state index contributed by atoms with van der Waals surface area (Å²) in [6.45, 7) is 0.600. The second-order valence-corrected chi connectivity index (χ2v) is 5.37. The fraction of sp³-hybridized carbons (Fsp3) is 0.0833. The van der Waals surface area contributed by atoms with Crippen molar-refractivity contribution in [3.63, 3.8) is 0 Å². The maximum atomic E-state index is 11.7. The molecule has 3 N–H and O–H groups in total. The summed E-state index contributed by atoms with van der Waals surface area (Å²) < 4.78 is 2.97. The molecule has 0 atom stereocenters. The molecule has 0 aliphatic heterocycles. The SMILES string of the molecule is Nc1nc2c(ncn2Cc2cccc(I)c2)c(=O)[nH]1. The second-order valence-electron chi connectivity index (χ2n) is 4.13. The lowest BCUT2D eigenvalue weighted by Gasteiger charge is -2.04. The molecule has 3 rings (SSSR count). The standard InChI is InChI=1S/C12H10IN5O/c13-8-3-1-2-7(4-8)5-18-6-15-9-10(18)16-12(14)17-11(9)19/h1-4,6H,5H2,(H3,14,16,17,19). The predicted octanol–water partition coefficient (Wildman–Crippen LogP) is 1.35. The largest absolute Gasteiger partial charge is 0.369 e. The van der Waals surface area contributed by atoms with Gasteiger partial charge >= 0.3 is 0 Å². The number of benzene rings is 1. The van der Waals surface area contributed by atoms with Gasteiger partial charge in [-0.2, -0.15) is 4.98 Å². The van der Waals surface area contributed by atoms with Gasteiger partial charge in [-0.1, -0.05) is 12.1 Å². The molecule has 0 fully saturated rings.